The average Bonchev–Trinajstić information content (AvgIpc) is 2.46. The number of hydrogen-bond acceptors (Lipinski definition) is 3. The largest absolute Gasteiger partial charge is 0.338 e. The van der Waals surface area contributed by atoms with Crippen LogP contribution in [0.5, 0.6) is 0 Å². The van der Waals surface area contributed by atoms with Crippen LogP contribution in [0.1, 0.15) is 22.8 Å². The van der Waals surface area contributed by atoms with Gasteiger partial charge in [-0.25, -0.2) is 0 Å². The standard InChI is InChI=1S/C15H21N3O2.ClH/c1-11-3-5-13(6-4-11)15(20)18-9-7-17(8-10-18)14(19)12(2)16;/h3-6,12H,7-10,16H2,1-2H3;1H/t12-;/m1./s1. The second-order valence-corrected chi connectivity index (χ2v) is 5.27. The summed E-state index contributed by atoms with van der Waals surface area (Å²) in [6.07, 6.45) is 0. The van der Waals surface area contributed by atoms with Gasteiger partial charge in [0.05, 0.1) is 6.04 Å². The van der Waals surface area contributed by atoms with Crippen molar-refractivity contribution in [3.05, 3.63) is 35.4 Å². The Morgan fingerprint density at radius 3 is 2.00 bits per heavy atom. The monoisotopic (exact) mass is 311 g/mol. The Hall–Kier alpha value is -1.59. The molecule has 2 amide bonds. The van der Waals surface area contributed by atoms with E-state index in [1.165, 1.54) is 0 Å². The maximum Gasteiger partial charge on any atom is 0.253 e. The molecule has 2 N–H and O–H groups in total. The van der Waals surface area contributed by atoms with Crippen molar-refractivity contribution < 1.29 is 9.59 Å². The van der Waals surface area contributed by atoms with E-state index in [0.29, 0.717) is 31.7 Å². The highest BCUT2D eigenvalue weighted by Crippen LogP contribution is 2.10. The fraction of sp³-hybridized carbons (Fsp3) is 0.467. The van der Waals surface area contributed by atoms with Crippen molar-refractivity contribution in [3.63, 3.8) is 0 Å². The lowest BCUT2D eigenvalue weighted by molar-refractivity contribution is -0.133. The van der Waals surface area contributed by atoms with Gasteiger partial charge >= 0.3 is 0 Å². The summed E-state index contributed by atoms with van der Waals surface area (Å²) in [5.74, 6) is -0.0228. The second-order valence-electron chi connectivity index (χ2n) is 5.27. The van der Waals surface area contributed by atoms with Crippen molar-refractivity contribution in [3.8, 4) is 0 Å². The van der Waals surface area contributed by atoms with E-state index in [9.17, 15) is 9.59 Å². The first-order valence-electron chi connectivity index (χ1n) is 6.89. The first-order chi connectivity index (χ1) is 9.49. The minimum atomic E-state index is -0.477. The molecule has 5 nitrogen and oxygen atoms in total. The Kier molecular flexibility index (Phi) is 6.18. The molecular formula is C15H22ClN3O2. The molecule has 1 aliphatic rings. The summed E-state index contributed by atoms with van der Waals surface area (Å²) in [6, 6.07) is 7.08. The van der Waals surface area contributed by atoms with Gasteiger partial charge < -0.3 is 15.5 Å². The van der Waals surface area contributed by atoms with Gasteiger partial charge in [-0.2, -0.15) is 0 Å². The molecule has 6 heteroatoms. The topological polar surface area (TPSA) is 66.6 Å². The van der Waals surface area contributed by atoms with Crippen molar-refractivity contribution in [2.45, 2.75) is 19.9 Å². The molecule has 1 aromatic rings. The van der Waals surface area contributed by atoms with Crippen LogP contribution in [0.25, 0.3) is 0 Å². The Morgan fingerprint density at radius 2 is 1.52 bits per heavy atom. The van der Waals surface area contributed by atoms with Gasteiger partial charge in [0.1, 0.15) is 0 Å². The lowest BCUT2D eigenvalue weighted by Gasteiger charge is -2.35. The Labute approximate surface area is 131 Å². The zero-order chi connectivity index (χ0) is 14.7. The third-order valence-electron chi connectivity index (χ3n) is 3.57. The van der Waals surface area contributed by atoms with Gasteiger partial charge in [-0.05, 0) is 26.0 Å². The zero-order valence-corrected chi connectivity index (χ0v) is 13.2. The van der Waals surface area contributed by atoms with Gasteiger partial charge in [0, 0.05) is 31.7 Å². The predicted octanol–water partition coefficient (Wildman–Crippen LogP) is 1.05. The lowest BCUT2D eigenvalue weighted by Crippen LogP contribution is -2.53. The maximum atomic E-state index is 12.3. The van der Waals surface area contributed by atoms with Crippen molar-refractivity contribution in [2.24, 2.45) is 5.73 Å². The number of piperazine rings is 1. The summed E-state index contributed by atoms with van der Waals surface area (Å²) in [6.45, 7) is 5.91. The SMILES string of the molecule is Cc1ccc(C(=O)N2CCN(C(=O)[C@@H](C)N)CC2)cc1.Cl. The molecule has 1 fully saturated rings. The minimum absolute atomic E-state index is 0. The average molecular weight is 312 g/mol. The lowest BCUT2D eigenvalue weighted by atomic mass is 10.1. The van der Waals surface area contributed by atoms with E-state index in [1.54, 1.807) is 16.7 Å². The van der Waals surface area contributed by atoms with Gasteiger partial charge in [0.15, 0.2) is 0 Å². The smallest absolute Gasteiger partial charge is 0.253 e. The number of aryl methyl sites for hydroxylation is 1. The Bertz CT molecular complexity index is 494. The summed E-state index contributed by atoms with van der Waals surface area (Å²) in [4.78, 5) is 27.6. The maximum absolute atomic E-state index is 12.3. The zero-order valence-electron chi connectivity index (χ0n) is 12.4. The second kappa shape index (κ2) is 7.43. The Morgan fingerprint density at radius 1 is 1.05 bits per heavy atom. The molecule has 0 aliphatic carbocycles. The summed E-state index contributed by atoms with van der Waals surface area (Å²) in [5.41, 5.74) is 7.42. The van der Waals surface area contributed by atoms with Crippen LogP contribution >= 0.6 is 12.4 Å². The molecule has 0 bridgehead atoms. The van der Waals surface area contributed by atoms with E-state index in [4.69, 9.17) is 5.73 Å². The number of benzene rings is 1. The highest BCUT2D eigenvalue weighted by Gasteiger charge is 2.25. The highest BCUT2D eigenvalue weighted by molar-refractivity contribution is 5.94. The fourth-order valence-electron chi connectivity index (χ4n) is 2.30. The van der Waals surface area contributed by atoms with E-state index in [-0.39, 0.29) is 24.2 Å². The molecule has 0 unspecified atom stereocenters. The van der Waals surface area contributed by atoms with Crippen LogP contribution in [0.2, 0.25) is 0 Å². The van der Waals surface area contributed by atoms with Crippen molar-refractivity contribution in [1.29, 1.82) is 0 Å². The van der Waals surface area contributed by atoms with Crippen molar-refractivity contribution in [1.82, 2.24) is 9.80 Å². The van der Waals surface area contributed by atoms with Gasteiger partial charge in [-0.3, -0.25) is 9.59 Å². The van der Waals surface area contributed by atoms with Gasteiger partial charge in [-0.15, -0.1) is 12.4 Å². The molecule has 0 radical (unpaired) electrons. The molecule has 1 aromatic carbocycles. The summed E-state index contributed by atoms with van der Waals surface area (Å²) in [5, 5.41) is 0. The molecular weight excluding hydrogens is 290 g/mol. The van der Waals surface area contributed by atoms with Crippen LogP contribution < -0.4 is 5.73 Å². The number of carbonyl (C=O) groups is 2. The molecule has 21 heavy (non-hydrogen) atoms. The van der Waals surface area contributed by atoms with Gasteiger partial charge in [0.2, 0.25) is 5.91 Å². The number of nitrogens with two attached hydrogens (primary N) is 1. The molecule has 1 saturated heterocycles. The molecule has 0 aromatic heterocycles. The number of halogens is 1. The first-order valence-corrected chi connectivity index (χ1v) is 6.89. The molecule has 0 spiro atoms. The summed E-state index contributed by atoms with van der Waals surface area (Å²) < 4.78 is 0. The van der Waals surface area contributed by atoms with Crippen molar-refractivity contribution in [2.75, 3.05) is 26.2 Å². The van der Waals surface area contributed by atoms with E-state index < -0.39 is 6.04 Å². The molecule has 1 aliphatic heterocycles. The van der Waals surface area contributed by atoms with Gasteiger partial charge in [0.25, 0.3) is 5.91 Å². The third kappa shape index (κ3) is 4.19. The number of amides is 2. The van der Waals surface area contributed by atoms with E-state index in [1.807, 2.05) is 31.2 Å². The number of nitrogens with zero attached hydrogens (tertiary/aromatic N) is 2. The normalized spacial score (nSPS) is 16.1. The third-order valence-corrected chi connectivity index (χ3v) is 3.57. The van der Waals surface area contributed by atoms with Gasteiger partial charge in [-0.1, -0.05) is 17.7 Å². The molecule has 0 saturated carbocycles. The van der Waals surface area contributed by atoms with E-state index >= 15 is 0 Å². The van der Waals surface area contributed by atoms with Crippen LogP contribution in [0.4, 0.5) is 0 Å². The minimum Gasteiger partial charge on any atom is -0.338 e. The van der Waals surface area contributed by atoms with Crippen LogP contribution in [-0.4, -0.2) is 53.8 Å². The quantitative estimate of drug-likeness (QED) is 0.887. The van der Waals surface area contributed by atoms with Crippen LogP contribution in [0.3, 0.4) is 0 Å². The van der Waals surface area contributed by atoms with Crippen LogP contribution in [-0.2, 0) is 4.79 Å². The highest BCUT2D eigenvalue weighted by atomic mass is 35.5. The molecule has 2 rings (SSSR count). The molecule has 1 heterocycles. The first kappa shape index (κ1) is 17.5. The fourth-order valence-corrected chi connectivity index (χ4v) is 2.30. The number of hydrogen-bond donors (Lipinski definition) is 1. The summed E-state index contributed by atoms with van der Waals surface area (Å²) in [7, 11) is 0. The van der Waals surface area contributed by atoms with E-state index in [0.717, 1.165) is 5.56 Å². The molecule has 1 atom stereocenters. The summed E-state index contributed by atoms with van der Waals surface area (Å²) >= 11 is 0. The van der Waals surface area contributed by atoms with E-state index in [2.05, 4.69) is 0 Å². The predicted molar refractivity (Wildman–Crippen MR) is 84.6 cm³/mol. The number of rotatable bonds is 2. The van der Waals surface area contributed by atoms with Crippen LogP contribution in [0, 0.1) is 6.92 Å². The number of carbonyl (C=O) groups excluding carboxylic acids is 2. The Balaban J connectivity index is 0.00000220. The van der Waals surface area contributed by atoms with Crippen molar-refractivity contribution >= 4 is 24.2 Å². The van der Waals surface area contributed by atoms with Crippen LogP contribution in [0.15, 0.2) is 24.3 Å². The molecule has 116 valence electrons.